The monoisotopic (exact) mass is 338 g/mol. The van der Waals surface area contributed by atoms with Gasteiger partial charge in [-0.1, -0.05) is 12.1 Å². The van der Waals surface area contributed by atoms with E-state index in [1.165, 1.54) is 0 Å². The van der Waals surface area contributed by atoms with Crippen molar-refractivity contribution >= 4 is 0 Å². The zero-order valence-corrected chi connectivity index (χ0v) is 14.7. The average molecular weight is 338 g/mol. The third kappa shape index (κ3) is 3.35. The van der Waals surface area contributed by atoms with E-state index in [1.54, 1.807) is 0 Å². The molecule has 0 aliphatic heterocycles. The summed E-state index contributed by atoms with van der Waals surface area (Å²) in [7, 11) is 0. The second-order valence-electron chi connectivity index (χ2n) is 6.19. The molecule has 4 nitrogen and oxygen atoms in total. The van der Waals surface area contributed by atoms with E-state index < -0.39 is 0 Å². The van der Waals surface area contributed by atoms with Crippen LogP contribution in [0.5, 0.6) is 0 Å². The lowest BCUT2D eigenvalue weighted by Crippen LogP contribution is -1.91. The fourth-order valence-electron chi connectivity index (χ4n) is 2.80. The van der Waals surface area contributed by atoms with Crippen LogP contribution in [0.25, 0.3) is 33.9 Å². The third-order valence-corrected chi connectivity index (χ3v) is 4.16. The molecule has 0 atom stereocenters. The second-order valence-corrected chi connectivity index (χ2v) is 6.19. The first-order valence-electron chi connectivity index (χ1n) is 8.49. The summed E-state index contributed by atoms with van der Waals surface area (Å²) in [6, 6.07) is 20.0. The molecule has 0 radical (unpaired) electrons. The van der Waals surface area contributed by atoms with Crippen molar-refractivity contribution in [3.8, 4) is 33.9 Å². The average Bonchev–Trinajstić information content (AvgIpc) is 2.68. The Bertz CT molecular complexity index is 951. The number of hydrogen-bond donors (Lipinski definition) is 0. The molecule has 0 bridgehead atoms. The van der Waals surface area contributed by atoms with Gasteiger partial charge in [0.05, 0.1) is 22.8 Å². The fourth-order valence-corrected chi connectivity index (χ4v) is 2.80. The van der Waals surface area contributed by atoms with Crippen LogP contribution < -0.4 is 0 Å². The molecule has 4 aromatic rings. The third-order valence-electron chi connectivity index (χ3n) is 4.16. The molecule has 4 heteroatoms. The summed E-state index contributed by atoms with van der Waals surface area (Å²) >= 11 is 0. The maximum atomic E-state index is 4.58. The van der Waals surface area contributed by atoms with E-state index in [0.717, 1.165) is 45.3 Å². The van der Waals surface area contributed by atoms with Gasteiger partial charge in [-0.15, -0.1) is 0 Å². The Kier molecular flexibility index (Phi) is 4.23. The minimum atomic E-state index is 0.859. The SMILES string of the molecule is Cc1cccc(-c2ccc(-c3ccc(-c4cccc(C)n4)nc3)nc2)n1. The highest BCUT2D eigenvalue weighted by Gasteiger charge is 2.05. The van der Waals surface area contributed by atoms with E-state index in [9.17, 15) is 0 Å². The van der Waals surface area contributed by atoms with Crippen molar-refractivity contribution in [2.24, 2.45) is 0 Å². The van der Waals surface area contributed by atoms with E-state index in [-0.39, 0.29) is 0 Å². The Morgan fingerprint density at radius 3 is 1.62 bits per heavy atom. The first-order chi connectivity index (χ1) is 12.7. The summed E-state index contributed by atoms with van der Waals surface area (Å²) in [6.07, 6.45) is 3.69. The number of nitrogens with zero attached hydrogens (tertiary/aromatic N) is 4. The smallest absolute Gasteiger partial charge is 0.0889 e. The molecule has 4 rings (SSSR count). The van der Waals surface area contributed by atoms with Gasteiger partial charge in [0.1, 0.15) is 0 Å². The number of hydrogen-bond acceptors (Lipinski definition) is 4. The van der Waals surface area contributed by atoms with Gasteiger partial charge in [-0.05, 0) is 62.4 Å². The highest BCUT2D eigenvalue weighted by Crippen LogP contribution is 2.23. The summed E-state index contributed by atoms with van der Waals surface area (Å²) < 4.78 is 0. The van der Waals surface area contributed by atoms with Crippen molar-refractivity contribution in [1.29, 1.82) is 0 Å². The van der Waals surface area contributed by atoms with Gasteiger partial charge in [0.15, 0.2) is 0 Å². The van der Waals surface area contributed by atoms with Crippen LogP contribution in [0.15, 0.2) is 73.1 Å². The highest BCUT2D eigenvalue weighted by molar-refractivity contribution is 5.66. The summed E-state index contributed by atoms with van der Waals surface area (Å²) in [4.78, 5) is 18.2. The van der Waals surface area contributed by atoms with Crippen LogP contribution in [-0.4, -0.2) is 19.9 Å². The molecule has 4 aromatic heterocycles. The van der Waals surface area contributed by atoms with E-state index in [1.807, 2.05) is 86.9 Å². The maximum Gasteiger partial charge on any atom is 0.0889 e. The van der Waals surface area contributed by atoms with Gasteiger partial charge in [0.25, 0.3) is 0 Å². The van der Waals surface area contributed by atoms with E-state index in [0.29, 0.717) is 0 Å². The zero-order valence-electron chi connectivity index (χ0n) is 14.7. The molecule has 26 heavy (non-hydrogen) atoms. The standard InChI is InChI=1S/C22H18N4/c1-15-5-3-7-20(25-15)18-9-11-19(23-14-18)17-10-12-21(24-13-17)22-8-4-6-16(2)26-22/h3-14H,1-2H3. The van der Waals surface area contributed by atoms with Crippen LogP contribution in [-0.2, 0) is 0 Å². The zero-order chi connectivity index (χ0) is 17.9. The molecular weight excluding hydrogens is 320 g/mol. The molecule has 0 amide bonds. The van der Waals surface area contributed by atoms with Gasteiger partial charge in [-0.25, -0.2) is 0 Å². The fraction of sp³-hybridized carbons (Fsp3) is 0.0909. The maximum absolute atomic E-state index is 4.58. The molecule has 0 aliphatic rings. The van der Waals surface area contributed by atoms with E-state index >= 15 is 0 Å². The van der Waals surface area contributed by atoms with Crippen molar-refractivity contribution in [2.75, 3.05) is 0 Å². The number of rotatable bonds is 3. The van der Waals surface area contributed by atoms with E-state index in [2.05, 4.69) is 19.9 Å². The largest absolute Gasteiger partial charge is 0.256 e. The van der Waals surface area contributed by atoms with E-state index in [4.69, 9.17) is 0 Å². The van der Waals surface area contributed by atoms with Gasteiger partial charge in [-0.3, -0.25) is 19.9 Å². The Balaban J connectivity index is 1.60. The lowest BCUT2D eigenvalue weighted by atomic mass is 10.1. The van der Waals surface area contributed by atoms with Gasteiger partial charge < -0.3 is 0 Å². The molecule has 0 saturated carbocycles. The van der Waals surface area contributed by atoms with Crippen LogP contribution in [0.2, 0.25) is 0 Å². The van der Waals surface area contributed by atoms with Gasteiger partial charge >= 0.3 is 0 Å². The van der Waals surface area contributed by atoms with Gasteiger partial charge in [0.2, 0.25) is 0 Å². The number of pyridine rings is 4. The lowest BCUT2D eigenvalue weighted by molar-refractivity contribution is 1.17. The second kappa shape index (κ2) is 6.84. The molecule has 0 spiro atoms. The van der Waals surface area contributed by atoms with Gasteiger partial charge in [-0.2, -0.15) is 0 Å². The highest BCUT2D eigenvalue weighted by atomic mass is 14.8. The normalized spacial score (nSPS) is 10.7. The predicted molar refractivity (Wildman–Crippen MR) is 103 cm³/mol. The Labute approximate surface area is 152 Å². The van der Waals surface area contributed by atoms with Crippen LogP contribution >= 0.6 is 0 Å². The van der Waals surface area contributed by atoms with Crippen molar-refractivity contribution in [2.45, 2.75) is 13.8 Å². The molecule has 0 aromatic carbocycles. The minimum absolute atomic E-state index is 0.859. The van der Waals surface area contributed by atoms with Crippen LogP contribution in [0.1, 0.15) is 11.4 Å². The molecule has 0 saturated heterocycles. The summed E-state index contributed by atoms with van der Waals surface area (Å²) in [6.45, 7) is 3.97. The first-order valence-corrected chi connectivity index (χ1v) is 8.49. The summed E-state index contributed by atoms with van der Waals surface area (Å²) in [5, 5.41) is 0. The van der Waals surface area contributed by atoms with Crippen LogP contribution in [0.4, 0.5) is 0 Å². The van der Waals surface area contributed by atoms with Crippen molar-refractivity contribution in [3.63, 3.8) is 0 Å². The molecule has 0 aliphatic carbocycles. The molecule has 4 heterocycles. The Morgan fingerprint density at radius 1 is 0.500 bits per heavy atom. The topological polar surface area (TPSA) is 51.6 Å². The molecular formula is C22H18N4. The van der Waals surface area contributed by atoms with Crippen molar-refractivity contribution in [3.05, 3.63) is 84.4 Å². The first kappa shape index (κ1) is 16.1. The van der Waals surface area contributed by atoms with Crippen LogP contribution in [0.3, 0.4) is 0 Å². The quantitative estimate of drug-likeness (QED) is 0.534. The van der Waals surface area contributed by atoms with Crippen molar-refractivity contribution < 1.29 is 0 Å². The minimum Gasteiger partial charge on any atom is -0.256 e. The summed E-state index contributed by atoms with van der Waals surface area (Å²) in [5.74, 6) is 0. The lowest BCUT2D eigenvalue weighted by Gasteiger charge is -2.05. The number of aromatic nitrogens is 4. The summed E-state index contributed by atoms with van der Waals surface area (Å²) in [5.41, 5.74) is 7.52. The number of aryl methyl sites for hydroxylation is 2. The molecule has 0 N–H and O–H groups in total. The predicted octanol–water partition coefficient (Wildman–Crippen LogP) is 4.88. The molecule has 0 unspecified atom stereocenters. The molecule has 126 valence electrons. The molecule has 0 fully saturated rings. The van der Waals surface area contributed by atoms with Crippen molar-refractivity contribution in [1.82, 2.24) is 19.9 Å². The van der Waals surface area contributed by atoms with Crippen LogP contribution in [0, 0.1) is 13.8 Å². The van der Waals surface area contributed by atoms with Gasteiger partial charge in [0, 0.05) is 34.9 Å². The Hall–Kier alpha value is -3.40. The Morgan fingerprint density at radius 2 is 1.04 bits per heavy atom.